The van der Waals surface area contributed by atoms with Crippen LogP contribution in [0.25, 0.3) is 0 Å². The molecule has 0 unspecified atom stereocenters. The highest BCUT2D eigenvalue weighted by Gasteiger charge is 2.40. The van der Waals surface area contributed by atoms with Crippen molar-refractivity contribution in [1.82, 2.24) is 36.8 Å². The number of likely N-dealkylation sites (tertiary alicyclic amines) is 1. The SMILES string of the molecule is CC(C)C[C@H](NC(=O)[C@H](CC(=O)O)NC(=O)[C@H](Cc1ccc(O)cc1)NC(=O)[C@H](CO)NC(=O)[C@@H](N)CCC(N)=O)C(=O)N[C@@H](CO)C(=O)N1CCC[C@H]1C(=O)N[C@@H](CCCN=C(N)N)C(=O)O. The molecule has 1 aliphatic heterocycles. The number of rotatable bonds is 29. The second-order valence-corrected chi connectivity index (χ2v) is 16.4. The van der Waals surface area contributed by atoms with Crippen LogP contribution in [0.3, 0.4) is 0 Å². The van der Waals surface area contributed by atoms with Crippen LogP contribution in [0.1, 0.15) is 70.8 Å². The van der Waals surface area contributed by atoms with E-state index in [1.807, 2.05) is 0 Å². The minimum atomic E-state index is -1.92. The lowest BCUT2D eigenvalue weighted by atomic mass is 10.0. The van der Waals surface area contributed by atoms with Crippen LogP contribution >= 0.6 is 0 Å². The predicted molar refractivity (Wildman–Crippen MR) is 238 cm³/mol. The minimum absolute atomic E-state index is 0.00427. The number of aliphatic hydroxyl groups excluding tert-OH is 2. The van der Waals surface area contributed by atoms with E-state index >= 15 is 0 Å². The van der Waals surface area contributed by atoms with E-state index in [1.165, 1.54) is 24.3 Å². The van der Waals surface area contributed by atoms with E-state index in [4.69, 9.17) is 22.9 Å². The standard InChI is InChI=1S/C41H64N12O15/c1-20(2)15-25(34(61)52-29(19-55)39(66)53-14-4-6-30(53)38(65)47-24(40(67)68)5-3-13-46-41(44)45)48-36(63)27(17-32(58)59)50-35(62)26(16-21-7-9-22(56)10-8-21)49-37(64)28(18-54)51-33(60)23(42)11-12-31(43)57/h7-10,20,23-30,54-56H,3-6,11-19,42H2,1-2H3,(H2,43,57)(H,47,65)(H,48,63)(H,49,64)(H,50,62)(H,51,60)(H,52,61)(H,58,59)(H,67,68)(H4,44,45,46)/t23-,24-,25-,26-,27-,28-,29-,30-/m0/s1. The van der Waals surface area contributed by atoms with E-state index in [2.05, 4.69) is 36.9 Å². The number of aromatic hydroxyl groups is 1. The van der Waals surface area contributed by atoms with Gasteiger partial charge in [-0.15, -0.1) is 0 Å². The van der Waals surface area contributed by atoms with Gasteiger partial charge in [0.1, 0.15) is 48.0 Å². The summed E-state index contributed by atoms with van der Waals surface area (Å²) >= 11 is 0. The Hall–Kier alpha value is -7.13. The van der Waals surface area contributed by atoms with Crippen molar-refractivity contribution in [2.24, 2.45) is 33.8 Å². The topological polar surface area (TPSA) is 464 Å². The minimum Gasteiger partial charge on any atom is -0.508 e. The molecule has 0 radical (unpaired) electrons. The first-order chi connectivity index (χ1) is 32.0. The molecule has 0 aromatic heterocycles. The van der Waals surface area contributed by atoms with E-state index in [1.54, 1.807) is 13.8 Å². The number of amides is 8. The van der Waals surface area contributed by atoms with Crippen molar-refractivity contribution in [1.29, 1.82) is 0 Å². The van der Waals surface area contributed by atoms with Crippen LogP contribution in [0, 0.1) is 5.92 Å². The molecule has 378 valence electrons. The summed E-state index contributed by atoms with van der Waals surface area (Å²) in [6.07, 6.45) is -1.38. The summed E-state index contributed by atoms with van der Waals surface area (Å²) in [5.74, 6) is -11.5. The number of phenolic OH excluding ortho intramolecular Hbond substituents is 1. The summed E-state index contributed by atoms with van der Waals surface area (Å²) in [5.41, 5.74) is 21.8. The first-order valence-corrected chi connectivity index (χ1v) is 21.6. The molecule has 0 aliphatic carbocycles. The van der Waals surface area contributed by atoms with E-state index in [0.29, 0.717) is 12.0 Å². The predicted octanol–water partition coefficient (Wildman–Crippen LogP) is -5.93. The van der Waals surface area contributed by atoms with Gasteiger partial charge in [-0.05, 0) is 62.1 Å². The zero-order chi connectivity index (χ0) is 51.2. The van der Waals surface area contributed by atoms with Gasteiger partial charge in [-0.25, -0.2) is 4.79 Å². The van der Waals surface area contributed by atoms with Crippen LogP contribution < -0.4 is 54.8 Å². The highest BCUT2D eigenvalue weighted by atomic mass is 16.4. The van der Waals surface area contributed by atoms with E-state index in [-0.39, 0.29) is 75.7 Å². The largest absolute Gasteiger partial charge is 0.508 e. The fourth-order valence-electron chi connectivity index (χ4n) is 6.87. The number of nitrogens with two attached hydrogens (primary N) is 4. The van der Waals surface area contributed by atoms with Crippen LogP contribution in [0.5, 0.6) is 5.75 Å². The van der Waals surface area contributed by atoms with Gasteiger partial charge in [0.15, 0.2) is 5.96 Å². The highest BCUT2D eigenvalue weighted by Crippen LogP contribution is 2.20. The fourth-order valence-corrected chi connectivity index (χ4v) is 6.87. The summed E-state index contributed by atoms with van der Waals surface area (Å²) in [7, 11) is 0. The Morgan fingerprint density at radius 2 is 1.26 bits per heavy atom. The van der Waals surface area contributed by atoms with Crippen molar-refractivity contribution in [3.63, 3.8) is 0 Å². The van der Waals surface area contributed by atoms with E-state index in [0.717, 1.165) is 4.90 Å². The molecule has 19 N–H and O–H groups in total. The smallest absolute Gasteiger partial charge is 0.326 e. The number of benzene rings is 1. The van der Waals surface area contributed by atoms with Crippen molar-refractivity contribution >= 4 is 65.2 Å². The molecule has 27 nitrogen and oxygen atoms in total. The number of primary amides is 1. The van der Waals surface area contributed by atoms with Crippen molar-refractivity contribution in [2.45, 2.75) is 120 Å². The monoisotopic (exact) mass is 964 g/mol. The molecule has 1 aromatic carbocycles. The number of aliphatic carboxylic acids is 2. The first kappa shape index (κ1) is 57.0. The second kappa shape index (κ2) is 28.1. The molecular formula is C41H64N12O15. The number of carboxylic acid groups (broad SMARTS) is 2. The van der Waals surface area contributed by atoms with Crippen LogP contribution in [-0.2, 0) is 54.4 Å². The van der Waals surface area contributed by atoms with Crippen molar-refractivity contribution < 1.29 is 73.5 Å². The number of phenols is 1. The number of guanidine groups is 1. The number of carbonyl (C=O) groups excluding carboxylic acids is 8. The maximum atomic E-state index is 13.9. The quantitative estimate of drug-likeness (QED) is 0.0202. The number of nitrogens with zero attached hydrogens (tertiary/aromatic N) is 2. The number of hydrogen-bond acceptors (Lipinski definition) is 15. The summed E-state index contributed by atoms with van der Waals surface area (Å²) < 4.78 is 0. The van der Waals surface area contributed by atoms with Crippen LogP contribution in [0.2, 0.25) is 0 Å². The van der Waals surface area contributed by atoms with Gasteiger partial charge in [0, 0.05) is 25.9 Å². The van der Waals surface area contributed by atoms with Crippen LogP contribution in [-0.4, -0.2) is 170 Å². The normalized spacial score (nSPS) is 16.3. The zero-order valence-corrected chi connectivity index (χ0v) is 37.7. The number of aliphatic imine (C=N–C) groups is 1. The van der Waals surface area contributed by atoms with Crippen molar-refractivity contribution in [3.05, 3.63) is 29.8 Å². The summed E-state index contributed by atoms with van der Waals surface area (Å²) in [6.45, 7) is 1.47. The number of aliphatic hydroxyl groups is 2. The maximum Gasteiger partial charge on any atom is 0.326 e. The number of carbonyl (C=O) groups is 10. The lowest BCUT2D eigenvalue weighted by Gasteiger charge is -2.30. The number of hydrogen-bond donors (Lipinski definition) is 15. The molecule has 2 rings (SSSR count). The molecule has 8 amide bonds. The highest BCUT2D eigenvalue weighted by molar-refractivity contribution is 5.98. The fraction of sp³-hybridized carbons (Fsp3) is 0.585. The molecular weight excluding hydrogens is 901 g/mol. The lowest BCUT2D eigenvalue weighted by Crippen LogP contribution is -2.61. The molecule has 27 heteroatoms. The van der Waals surface area contributed by atoms with Gasteiger partial charge < -0.3 is 85.3 Å². The number of carboxylic acids is 2. The van der Waals surface area contributed by atoms with Gasteiger partial charge in [-0.3, -0.25) is 48.1 Å². The summed E-state index contributed by atoms with van der Waals surface area (Å²) in [5, 5.41) is 63.4. The van der Waals surface area contributed by atoms with Gasteiger partial charge in [0.25, 0.3) is 0 Å². The number of nitrogens with one attached hydrogen (secondary N) is 6. The molecule has 68 heavy (non-hydrogen) atoms. The third kappa shape index (κ3) is 19.4. The van der Waals surface area contributed by atoms with Gasteiger partial charge in [0.2, 0.25) is 47.3 Å². The third-order valence-electron chi connectivity index (χ3n) is 10.4. The Morgan fingerprint density at radius 1 is 0.721 bits per heavy atom. The molecule has 1 aromatic rings. The maximum absolute atomic E-state index is 13.9. The molecule has 0 bridgehead atoms. The molecule has 1 fully saturated rings. The Morgan fingerprint density at radius 3 is 1.82 bits per heavy atom. The zero-order valence-electron chi connectivity index (χ0n) is 37.7. The average Bonchev–Trinajstić information content (AvgIpc) is 3.77. The molecule has 0 saturated carbocycles. The van der Waals surface area contributed by atoms with Crippen molar-refractivity contribution in [2.75, 3.05) is 26.3 Å². The van der Waals surface area contributed by atoms with Gasteiger partial charge in [0.05, 0.1) is 25.7 Å². The molecule has 1 heterocycles. The van der Waals surface area contributed by atoms with E-state index < -0.39 is 127 Å². The molecule has 0 spiro atoms. The second-order valence-electron chi connectivity index (χ2n) is 16.4. The summed E-state index contributed by atoms with van der Waals surface area (Å²) in [6, 6.07) is -6.97. The van der Waals surface area contributed by atoms with Gasteiger partial charge in [-0.2, -0.15) is 0 Å². The first-order valence-electron chi connectivity index (χ1n) is 21.6. The molecule has 8 atom stereocenters. The van der Waals surface area contributed by atoms with E-state index in [9.17, 15) is 73.5 Å². The Bertz CT molecular complexity index is 1980. The Labute approximate surface area is 390 Å². The van der Waals surface area contributed by atoms with Gasteiger partial charge >= 0.3 is 11.9 Å². The lowest BCUT2D eigenvalue weighted by molar-refractivity contribution is -0.145. The average molecular weight is 965 g/mol. The van der Waals surface area contributed by atoms with Crippen molar-refractivity contribution in [3.8, 4) is 5.75 Å². The van der Waals surface area contributed by atoms with Crippen LogP contribution in [0.4, 0.5) is 0 Å². The Balaban J connectivity index is 2.31. The Kier molecular flexibility index (Phi) is 23.6. The molecule has 1 saturated heterocycles. The van der Waals surface area contributed by atoms with Crippen LogP contribution in [0.15, 0.2) is 29.3 Å². The van der Waals surface area contributed by atoms with Gasteiger partial charge in [-0.1, -0.05) is 26.0 Å². The molecule has 1 aliphatic rings. The third-order valence-corrected chi connectivity index (χ3v) is 10.4. The summed E-state index contributed by atoms with van der Waals surface area (Å²) in [4.78, 5) is 134.